The van der Waals surface area contributed by atoms with Crippen LogP contribution in [-0.2, 0) is 18.4 Å². The predicted molar refractivity (Wildman–Crippen MR) is 63.6 cm³/mol. The van der Waals surface area contributed by atoms with Crippen LogP contribution in [0.25, 0.3) is 0 Å². The molecule has 1 saturated heterocycles. The Morgan fingerprint density at radius 2 is 2.41 bits per heavy atom. The number of nitrogens with zero attached hydrogens (tertiary/aromatic N) is 3. The Morgan fingerprint density at radius 1 is 1.65 bits per heavy atom. The van der Waals surface area contributed by atoms with E-state index in [9.17, 15) is 4.79 Å². The van der Waals surface area contributed by atoms with Gasteiger partial charge in [0.15, 0.2) is 0 Å². The van der Waals surface area contributed by atoms with Gasteiger partial charge >= 0.3 is 5.97 Å². The summed E-state index contributed by atoms with van der Waals surface area (Å²) >= 11 is 0. The Balaban J connectivity index is 1.99. The van der Waals surface area contributed by atoms with Crippen LogP contribution in [0.5, 0.6) is 0 Å². The SMILES string of the molecule is Cc1c(CN2CCC[C@@H](C(=O)O)C2)cnn1C. The lowest BCUT2D eigenvalue weighted by Gasteiger charge is -2.30. The van der Waals surface area contributed by atoms with Gasteiger partial charge in [0.25, 0.3) is 0 Å². The fraction of sp³-hybridized carbons (Fsp3) is 0.667. The van der Waals surface area contributed by atoms with E-state index in [4.69, 9.17) is 5.11 Å². The van der Waals surface area contributed by atoms with Gasteiger partial charge in [-0.05, 0) is 26.3 Å². The van der Waals surface area contributed by atoms with Crippen molar-refractivity contribution in [3.05, 3.63) is 17.5 Å². The average Bonchev–Trinajstić information content (AvgIpc) is 2.61. The number of aryl methyl sites for hydroxylation is 1. The third-order valence-corrected chi connectivity index (χ3v) is 3.59. The van der Waals surface area contributed by atoms with Gasteiger partial charge in [-0.3, -0.25) is 14.4 Å². The number of carboxylic acids is 1. The molecule has 94 valence electrons. The zero-order valence-corrected chi connectivity index (χ0v) is 10.4. The third-order valence-electron chi connectivity index (χ3n) is 3.59. The highest BCUT2D eigenvalue weighted by Gasteiger charge is 2.25. The van der Waals surface area contributed by atoms with Crippen LogP contribution in [0, 0.1) is 12.8 Å². The van der Waals surface area contributed by atoms with Crippen molar-refractivity contribution in [2.24, 2.45) is 13.0 Å². The van der Waals surface area contributed by atoms with Crippen molar-refractivity contribution in [1.29, 1.82) is 0 Å². The molecule has 0 spiro atoms. The highest BCUT2D eigenvalue weighted by molar-refractivity contribution is 5.70. The van der Waals surface area contributed by atoms with E-state index in [0.29, 0.717) is 6.54 Å². The molecule has 5 heteroatoms. The van der Waals surface area contributed by atoms with Crippen molar-refractivity contribution < 1.29 is 9.90 Å². The summed E-state index contributed by atoms with van der Waals surface area (Å²) in [5, 5.41) is 13.2. The first kappa shape index (κ1) is 12.1. The van der Waals surface area contributed by atoms with Gasteiger partial charge in [0.05, 0.1) is 12.1 Å². The fourth-order valence-electron chi connectivity index (χ4n) is 2.34. The zero-order valence-electron chi connectivity index (χ0n) is 10.4. The van der Waals surface area contributed by atoms with Crippen LogP contribution < -0.4 is 0 Å². The highest BCUT2D eigenvalue weighted by atomic mass is 16.4. The quantitative estimate of drug-likeness (QED) is 0.853. The normalized spacial score (nSPS) is 21.6. The molecule has 1 aromatic heterocycles. The number of aromatic nitrogens is 2. The lowest BCUT2D eigenvalue weighted by Crippen LogP contribution is -2.38. The first-order valence-corrected chi connectivity index (χ1v) is 6.00. The number of carbonyl (C=O) groups is 1. The minimum atomic E-state index is -0.669. The summed E-state index contributed by atoms with van der Waals surface area (Å²) in [5.74, 6) is -0.877. The van der Waals surface area contributed by atoms with Crippen molar-refractivity contribution in [2.75, 3.05) is 13.1 Å². The van der Waals surface area contributed by atoms with Gasteiger partial charge in [0.1, 0.15) is 0 Å². The monoisotopic (exact) mass is 237 g/mol. The van der Waals surface area contributed by atoms with Crippen LogP contribution >= 0.6 is 0 Å². The molecule has 0 saturated carbocycles. The molecule has 1 fully saturated rings. The van der Waals surface area contributed by atoms with Crippen molar-refractivity contribution in [3.63, 3.8) is 0 Å². The number of piperidine rings is 1. The third kappa shape index (κ3) is 2.66. The molecule has 17 heavy (non-hydrogen) atoms. The van der Waals surface area contributed by atoms with E-state index in [1.165, 1.54) is 5.56 Å². The lowest BCUT2D eigenvalue weighted by atomic mass is 9.98. The van der Waals surface area contributed by atoms with E-state index in [1.54, 1.807) is 0 Å². The maximum atomic E-state index is 11.0. The van der Waals surface area contributed by atoms with Crippen molar-refractivity contribution in [3.8, 4) is 0 Å². The topological polar surface area (TPSA) is 58.4 Å². The molecular weight excluding hydrogens is 218 g/mol. The number of hydrogen-bond donors (Lipinski definition) is 1. The van der Waals surface area contributed by atoms with E-state index >= 15 is 0 Å². The summed E-state index contributed by atoms with van der Waals surface area (Å²) in [6, 6.07) is 0. The van der Waals surface area contributed by atoms with E-state index in [0.717, 1.165) is 31.6 Å². The second-order valence-corrected chi connectivity index (χ2v) is 4.79. The summed E-state index contributed by atoms with van der Waals surface area (Å²) in [6.07, 6.45) is 3.65. The maximum absolute atomic E-state index is 11.0. The molecule has 0 amide bonds. The summed E-state index contributed by atoms with van der Waals surface area (Å²) in [6.45, 7) is 4.49. The molecule has 2 heterocycles. The second-order valence-electron chi connectivity index (χ2n) is 4.79. The molecule has 5 nitrogen and oxygen atoms in total. The van der Waals surface area contributed by atoms with Crippen molar-refractivity contribution in [2.45, 2.75) is 26.3 Å². The Hall–Kier alpha value is -1.36. The van der Waals surface area contributed by atoms with Gasteiger partial charge in [-0.15, -0.1) is 0 Å². The molecule has 2 rings (SSSR count). The molecule has 0 bridgehead atoms. The Morgan fingerprint density at radius 3 is 3.00 bits per heavy atom. The van der Waals surface area contributed by atoms with Crippen LogP contribution in [0.3, 0.4) is 0 Å². The van der Waals surface area contributed by atoms with Gasteiger partial charge in [0, 0.05) is 31.4 Å². The first-order chi connectivity index (χ1) is 8.08. The smallest absolute Gasteiger partial charge is 0.307 e. The zero-order chi connectivity index (χ0) is 12.4. The van der Waals surface area contributed by atoms with E-state index in [2.05, 4.69) is 10.00 Å². The summed E-state index contributed by atoms with van der Waals surface area (Å²) in [5.41, 5.74) is 2.35. The number of rotatable bonds is 3. The molecule has 1 N–H and O–H groups in total. The summed E-state index contributed by atoms with van der Waals surface area (Å²) in [4.78, 5) is 13.2. The average molecular weight is 237 g/mol. The molecule has 0 radical (unpaired) electrons. The Labute approximate surface area is 101 Å². The van der Waals surface area contributed by atoms with Gasteiger partial charge < -0.3 is 5.11 Å². The molecule has 0 aliphatic carbocycles. The molecule has 1 aromatic rings. The van der Waals surface area contributed by atoms with Crippen LogP contribution in [0.15, 0.2) is 6.20 Å². The van der Waals surface area contributed by atoms with Gasteiger partial charge in [-0.2, -0.15) is 5.10 Å². The van der Waals surface area contributed by atoms with E-state index in [-0.39, 0.29) is 5.92 Å². The molecule has 1 aliphatic rings. The van der Waals surface area contributed by atoms with Crippen LogP contribution in [0.1, 0.15) is 24.1 Å². The maximum Gasteiger partial charge on any atom is 0.307 e. The minimum absolute atomic E-state index is 0.208. The van der Waals surface area contributed by atoms with Crippen LogP contribution in [-0.4, -0.2) is 38.8 Å². The molecule has 1 aliphatic heterocycles. The number of hydrogen-bond acceptors (Lipinski definition) is 3. The van der Waals surface area contributed by atoms with Crippen LogP contribution in [0.4, 0.5) is 0 Å². The van der Waals surface area contributed by atoms with Gasteiger partial charge in [0.2, 0.25) is 0 Å². The highest BCUT2D eigenvalue weighted by Crippen LogP contribution is 2.19. The molecule has 0 unspecified atom stereocenters. The van der Waals surface area contributed by atoms with E-state index < -0.39 is 5.97 Å². The van der Waals surface area contributed by atoms with Crippen molar-refractivity contribution in [1.82, 2.24) is 14.7 Å². The summed E-state index contributed by atoms with van der Waals surface area (Å²) in [7, 11) is 1.93. The lowest BCUT2D eigenvalue weighted by molar-refractivity contribution is -0.143. The molecule has 0 aromatic carbocycles. The van der Waals surface area contributed by atoms with Gasteiger partial charge in [-0.25, -0.2) is 0 Å². The van der Waals surface area contributed by atoms with E-state index in [1.807, 2.05) is 24.9 Å². The summed E-state index contributed by atoms with van der Waals surface area (Å²) < 4.78 is 1.86. The first-order valence-electron chi connectivity index (χ1n) is 6.00. The second kappa shape index (κ2) is 4.87. The van der Waals surface area contributed by atoms with Gasteiger partial charge in [-0.1, -0.05) is 0 Å². The van der Waals surface area contributed by atoms with Crippen LogP contribution in [0.2, 0.25) is 0 Å². The predicted octanol–water partition coefficient (Wildman–Crippen LogP) is 1.03. The fourth-order valence-corrected chi connectivity index (χ4v) is 2.34. The minimum Gasteiger partial charge on any atom is -0.481 e. The molecular formula is C12H19N3O2. The number of carboxylic acid groups (broad SMARTS) is 1. The number of aliphatic carboxylic acids is 1. The number of likely N-dealkylation sites (tertiary alicyclic amines) is 1. The largest absolute Gasteiger partial charge is 0.481 e. The Kier molecular flexibility index (Phi) is 3.47. The molecule has 1 atom stereocenters. The standard InChI is InChI=1S/C12H19N3O2/c1-9-11(6-13-14(9)2)8-15-5-3-4-10(7-15)12(16)17/h6,10H,3-5,7-8H2,1-2H3,(H,16,17)/t10-/m1/s1. The Bertz CT molecular complexity index is 414. The van der Waals surface area contributed by atoms with Crippen molar-refractivity contribution >= 4 is 5.97 Å².